The molecule has 1 fully saturated rings. The molecular weight excluding hydrogens is 232 g/mol. The molecule has 1 aromatic rings. The van der Waals surface area contributed by atoms with Crippen molar-refractivity contribution in [3.8, 4) is 0 Å². The Morgan fingerprint density at radius 3 is 3.00 bits per heavy atom. The molecule has 0 spiro atoms. The summed E-state index contributed by atoms with van der Waals surface area (Å²) >= 11 is 1.67. The number of nitrogens with two attached hydrogens (primary N) is 1. The minimum atomic E-state index is 0.0115. The number of thiophene rings is 1. The first kappa shape index (κ1) is 12.6. The minimum absolute atomic E-state index is 0.0115. The first-order valence-electron chi connectivity index (χ1n) is 6.33. The number of amides is 1. The van der Waals surface area contributed by atoms with Crippen molar-refractivity contribution in [2.24, 2.45) is 11.7 Å². The predicted molar refractivity (Wildman–Crippen MR) is 70.7 cm³/mol. The van der Waals surface area contributed by atoms with Crippen molar-refractivity contribution >= 4 is 17.2 Å². The maximum Gasteiger partial charge on any atom is 0.224 e. The maximum absolute atomic E-state index is 12.1. The Hall–Kier alpha value is -0.870. The summed E-state index contributed by atoms with van der Waals surface area (Å²) in [6, 6.07) is 4.09. The molecular formula is C13H20N2OS. The summed E-state index contributed by atoms with van der Waals surface area (Å²) in [6.45, 7) is 0.639. The third kappa shape index (κ3) is 3.54. The van der Waals surface area contributed by atoms with Gasteiger partial charge >= 0.3 is 0 Å². The fourth-order valence-electron chi connectivity index (χ4n) is 2.38. The van der Waals surface area contributed by atoms with Crippen LogP contribution in [0.15, 0.2) is 17.5 Å². The average molecular weight is 252 g/mol. The van der Waals surface area contributed by atoms with Gasteiger partial charge in [-0.15, -0.1) is 11.3 Å². The van der Waals surface area contributed by atoms with E-state index in [2.05, 4.69) is 5.32 Å². The largest absolute Gasteiger partial charge is 0.351 e. The molecule has 2 rings (SSSR count). The van der Waals surface area contributed by atoms with E-state index in [4.69, 9.17) is 5.73 Å². The Morgan fingerprint density at radius 1 is 1.41 bits per heavy atom. The van der Waals surface area contributed by atoms with Gasteiger partial charge in [-0.25, -0.2) is 0 Å². The molecule has 4 heteroatoms. The zero-order valence-corrected chi connectivity index (χ0v) is 10.8. The number of hydrogen-bond acceptors (Lipinski definition) is 3. The molecule has 17 heavy (non-hydrogen) atoms. The lowest BCUT2D eigenvalue weighted by molar-refractivity contribution is -0.125. The van der Waals surface area contributed by atoms with Gasteiger partial charge in [0, 0.05) is 10.9 Å². The lowest BCUT2D eigenvalue weighted by Crippen LogP contribution is -2.40. The van der Waals surface area contributed by atoms with Crippen LogP contribution in [-0.2, 0) is 11.3 Å². The van der Waals surface area contributed by atoms with Crippen molar-refractivity contribution in [1.82, 2.24) is 5.32 Å². The fourth-order valence-corrected chi connectivity index (χ4v) is 3.02. The summed E-state index contributed by atoms with van der Waals surface area (Å²) in [5, 5.41) is 5.03. The molecule has 1 aliphatic rings. The SMILES string of the molecule is NC1CCCCCC1C(=O)NCc1cccs1. The predicted octanol–water partition coefficient (Wildman–Crippen LogP) is 2.27. The summed E-state index contributed by atoms with van der Waals surface area (Å²) in [5.74, 6) is 0.144. The summed E-state index contributed by atoms with van der Waals surface area (Å²) in [4.78, 5) is 13.3. The molecule has 0 aliphatic heterocycles. The minimum Gasteiger partial charge on any atom is -0.351 e. The molecule has 1 saturated carbocycles. The molecule has 1 heterocycles. The Bertz CT molecular complexity index is 350. The van der Waals surface area contributed by atoms with Gasteiger partial charge in [0.2, 0.25) is 5.91 Å². The highest BCUT2D eigenvalue weighted by Gasteiger charge is 2.26. The maximum atomic E-state index is 12.1. The third-order valence-electron chi connectivity index (χ3n) is 3.42. The Balaban J connectivity index is 1.85. The first-order chi connectivity index (χ1) is 8.27. The van der Waals surface area contributed by atoms with E-state index in [0.29, 0.717) is 6.54 Å². The van der Waals surface area contributed by atoms with Crippen LogP contribution in [0.3, 0.4) is 0 Å². The molecule has 0 bridgehead atoms. The van der Waals surface area contributed by atoms with E-state index >= 15 is 0 Å². The van der Waals surface area contributed by atoms with E-state index in [9.17, 15) is 4.79 Å². The van der Waals surface area contributed by atoms with E-state index in [-0.39, 0.29) is 17.9 Å². The van der Waals surface area contributed by atoms with Crippen molar-refractivity contribution < 1.29 is 4.79 Å². The molecule has 3 nitrogen and oxygen atoms in total. The highest BCUT2D eigenvalue weighted by Crippen LogP contribution is 2.22. The van der Waals surface area contributed by atoms with Gasteiger partial charge in [0.25, 0.3) is 0 Å². The second-order valence-electron chi connectivity index (χ2n) is 4.71. The summed E-state index contributed by atoms with van der Waals surface area (Å²) in [5.41, 5.74) is 6.07. The van der Waals surface area contributed by atoms with Crippen LogP contribution in [0.4, 0.5) is 0 Å². The van der Waals surface area contributed by atoms with Crippen molar-refractivity contribution in [2.75, 3.05) is 0 Å². The quantitative estimate of drug-likeness (QED) is 0.811. The van der Waals surface area contributed by atoms with Gasteiger partial charge in [0.15, 0.2) is 0 Å². The van der Waals surface area contributed by atoms with E-state index in [0.717, 1.165) is 25.7 Å². The number of rotatable bonds is 3. The molecule has 0 saturated heterocycles. The monoisotopic (exact) mass is 252 g/mol. The topological polar surface area (TPSA) is 55.1 Å². The van der Waals surface area contributed by atoms with E-state index in [1.807, 2.05) is 17.5 Å². The van der Waals surface area contributed by atoms with Crippen LogP contribution in [0, 0.1) is 5.92 Å². The van der Waals surface area contributed by atoms with Crippen LogP contribution in [0.5, 0.6) is 0 Å². The van der Waals surface area contributed by atoms with Gasteiger partial charge in [-0.1, -0.05) is 25.3 Å². The van der Waals surface area contributed by atoms with E-state index in [1.54, 1.807) is 11.3 Å². The lowest BCUT2D eigenvalue weighted by Gasteiger charge is -2.20. The summed E-state index contributed by atoms with van der Waals surface area (Å²) < 4.78 is 0. The van der Waals surface area contributed by atoms with Crippen LogP contribution in [0.25, 0.3) is 0 Å². The number of nitrogens with one attached hydrogen (secondary N) is 1. The third-order valence-corrected chi connectivity index (χ3v) is 4.30. The van der Waals surface area contributed by atoms with Gasteiger partial charge in [-0.3, -0.25) is 4.79 Å². The van der Waals surface area contributed by atoms with Gasteiger partial charge in [-0.05, 0) is 24.3 Å². The smallest absolute Gasteiger partial charge is 0.224 e. The van der Waals surface area contributed by atoms with Gasteiger partial charge < -0.3 is 11.1 Å². The number of carbonyl (C=O) groups is 1. The molecule has 1 aromatic heterocycles. The van der Waals surface area contributed by atoms with E-state index < -0.39 is 0 Å². The van der Waals surface area contributed by atoms with Crippen molar-refractivity contribution in [1.29, 1.82) is 0 Å². The highest BCUT2D eigenvalue weighted by atomic mass is 32.1. The highest BCUT2D eigenvalue weighted by molar-refractivity contribution is 7.09. The normalized spacial score (nSPS) is 25.2. The van der Waals surface area contributed by atoms with Gasteiger partial charge in [0.05, 0.1) is 12.5 Å². The van der Waals surface area contributed by atoms with Crippen LogP contribution in [-0.4, -0.2) is 11.9 Å². The van der Waals surface area contributed by atoms with Crippen molar-refractivity contribution in [3.05, 3.63) is 22.4 Å². The van der Waals surface area contributed by atoms with Crippen LogP contribution in [0.2, 0.25) is 0 Å². The Labute approximate surface area is 106 Å². The van der Waals surface area contributed by atoms with Gasteiger partial charge in [0.1, 0.15) is 0 Å². The molecule has 1 aliphatic carbocycles. The van der Waals surface area contributed by atoms with Gasteiger partial charge in [-0.2, -0.15) is 0 Å². The zero-order valence-electron chi connectivity index (χ0n) is 10.0. The van der Waals surface area contributed by atoms with E-state index in [1.165, 1.54) is 11.3 Å². The van der Waals surface area contributed by atoms with Crippen LogP contribution >= 0.6 is 11.3 Å². The first-order valence-corrected chi connectivity index (χ1v) is 7.21. The molecule has 94 valence electrons. The second-order valence-corrected chi connectivity index (χ2v) is 5.74. The van der Waals surface area contributed by atoms with Crippen molar-refractivity contribution in [2.45, 2.75) is 44.7 Å². The number of hydrogen-bond donors (Lipinski definition) is 2. The number of carbonyl (C=O) groups excluding carboxylic acids is 1. The lowest BCUT2D eigenvalue weighted by atomic mass is 9.94. The standard InChI is InChI=1S/C13H20N2OS/c14-12-7-3-1-2-6-11(12)13(16)15-9-10-5-4-8-17-10/h4-5,8,11-12H,1-3,6-7,9,14H2,(H,15,16). The van der Waals surface area contributed by atoms with Crippen LogP contribution in [0.1, 0.15) is 37.0 Å². The van der Waals surface area contributed by atoms with Crippen LogP contribution < -0.4 is 11.1 Å². The molecule has 2 atom stereocenters. The Kier molecular flexibility index (Phi) is 4.57. The fraction of sp³-hybridized carbons (Fsp3) is 0.615. The average Bonchev–Trinajstić information content (AvgIpc) is 2.75. The molecule has 0 aromatic carbocycles. The molecule has 3 N–H and O–H groups in total. The Morgan fingerprint density at radius 2 is 2.24 bits per heavy atom. The molecule has 2 unspecified atom stereocenters. The molecule has 0 radical (unpaired) electrons. The zero-order chi connectivity index (χ0) is 12.1. The summed E-state index contributed by atoms with van der Waals surface area (Å²) in [6.07, 6.45) is 5.43. The summed E-state index contributed by atoms with van der Waals surface area (Å²) in [7, 11) is 0. The molecule has 1 amide bonds. The second kappa shape index (κ2) is 6.17. The van der Waals surface area contributed by atoms with Crippen molar-refractivity contribution in [3.63, 3.8) is 0 Å².